The normalized spacial score (nSPS) is 14.8. The van der Waals surface area contributed by atoms with E-state index >= 15 is 0 Å². The Kier molecular flexibility index (Phi) is 15.6. The minimum Gasteiger partial charge on any atom is -0.466 e. The molecule has 0 rings (SSSR count). The average molecular weight is 695 g/mol. The highest BCUT2D eigenvalue weighted by atomic mass is 32.2. The van der Waals surface area contributed by atoms with E-state index in [1.807, 2.05) is 6.92 Å². The fraction of sp³-hybridized carbons (Fsp3) is 0.920. The highest BCUT2D eigenvalue weighted by molar-refractivity contribution is 8.00. The average Bonchev–Trinajstić information content (AvgIpc) is 2.85. The number of nitrogens with zero attached hydrogens (tertiary/aromatic N) is 1. The van der Waals surface area contributed by atoms with Gasteiger partial charge in [-0.05, 0) is 6.42 Å². The summed E-state index contributed by atoms with van der Waals surface area (Å²) < 4.78 is 182. The van der Waals surface area contributed by atoms with Crippen LogP contribution in [0.25, 0.3) is 0 Å². The van der Waals surface area contributed by atoms with Crippen LogP contribution in [0.15, 0.2) is 0 Å². The lowest BCUT2D eigenvalue weighted by molar-refractivity contribution is -0.867. The molecule has 0 aliphatic carbocycles. The van der Waals surface area contributed by atoms with Crippen LogP contribution in [-0.4, -0.2) is 104 Å². The molecule has 0 spiro atoms. The van der Waals surface area contributed by atoms with Gasteiger partial charge < -0.3 is 14.0 Å². The molecule has 1 unspecified atom stereocenters. The second-order valence-corrected chi connectivity index (χ2v) is 12.3. The van der Waals surface area contributed by atoms with Crippen molar-refractivity contribution in [3.8, 4) is 0 Å². The Bertz CT molecular complexity index is 909. The lowest BCUT2D eigenvalue weighted by atomic mass is 9.93. The maximum absolute atomic E-state index is 14.0. The Morgan fingerprint density at radius 2 is 1.18 bits per heavy atom. The summed E-state index contributed by atoms with van der Waals surface area (Å²) in [6.45, 7) is 0.522. The van der Waals surface area contributed by atoms with Gasteiger partial charge in [0.1, 0.15) is 5.25 Å². The number of thioether (sulfide) groups is 1. The predicted octanol–water partition coefficient (Wildman–Crippen LogP) is 7.76. The fourth-order valence-corrected chi connectivity index (χ4v) is 4.69. The number of unbranched alkanes of at least 4 members (excludes halogenated alkanes) is 5. The number of quaternary nitrogens is 1. The fourth-order valence-electron chi connectivity index (χ4n) is 3.29. The van der Waals surface area contributed by atoms with Gasteiger partial charge in [-0.3, -0.25) is 9.59 Å². The summed E-state index contributed by atoms with van der Waals surface area (Å²) in [6, 6.07) is 0. The molecule has 1 atom stereocenters. The summed E-state index contributed by atoms with van der Waals surface area (Å²) in [5.74, 6) is -39.8. The van der Waals surface area contributed by atoms with Crippen molar-refractivity contribution in [2.24, 2.45) is 0 Å². The van der Waals surface area contributed by atoms with Crippen LogP contribution in [0.1, 0.15) is 58.3 Å². The third-order valence-electron chi connectivity index (χ3n) is 6.12. The Morgan fingerprint density at radius 1 is 0.682 bits per heavy atom. The number of hydrogen-bond donors (Lipinski definition) is 0. The molecule has 0 aliphatic heterocycles. The van der Waals surface area contributed by atoms with Gasteiger partial charge in [0.25, 0.3) is 0 Å². The van der Waals surface area contributed by atoms with Crippen LogP contribution in [0.5, 0.6) is 0 Å². The van der Waals surface area contributed by atoms with E-state index in [4.69, 9.17) is 4.74 Å². The van der Waals surface area contributed by atoms with Gasteiger partial charge in [0.05, 0.1) is 53.7 Å². The smallest absolute Gasteiger partial charge is 0.460 e. The number of carbonyl (C=O) groups is 2. The van der Waals surface area contributed by atoms with E-state index in [0.29, 0.717) is 17.4 Å². The van der Waals surface area contributed by atoms with Crippen molar-refractivity contribution in [2.45, 2.75) is 99.3 Å². The van der Waals surface area contributed by atoms with E-state index in [0.717, 1.165) is 43.9 Å². The molecular formula is C25H37F13NO4S+. The van der Waals surface area contributed by atoms with Crippen molar-refractivity contribution in [1.82, 2.24) is 0 Å². The number of esters is 2. The molecule has 0 radical (unpaired) electrons. The largest absolute Gasteiger partial charge is 0.466 e. The van der Waals surface area contributed by atoms with Crippen molar-refractivity contribution in [3.63, 3.8) is 0 Å². The van der Waals surface area contributed by atoms with Crippen molar-refractivity contribution in [2.75, 3.05) is 46.7 Å². The van der Waals surface area contributed by atoms with E-state index in [1.54, 1.807) is 21.1 Å². The zero-order valence-electron chi connectivity index (χ0n) is 24.5. The summed E-state index contributed by atoms with van der Waals surface area (Å²) in [6.07, 6.45) is -5.70. The van der Waals surface area contributed by atoms with Gasteiger partial charge in [-0.1, -0.05) is 39.0 Å². The Morgan fingerprint density at radius 3 is 1.68 bits per heavy atom. The lowest BCUT2D eigenvalue weighted by Gasteiger charge is -2.39. The molecule has 262 valence electrons. The van der Waals surface area contributed by atoms with Gasteiger partial charge in [-0.2, -0.15) is 57.1 Å². The van der Waals surface area contributed by atoms with Crippen LogP contribution in [0, 0.1) is 0 Å². The van der Waals surface area contributed by atoms with Crippen LogP contribution in [0.2, 0.25) is 0 Å². The molecule has 0 aromatic heterocycles. The topological polar surface area (TPSA) is 52.6 Å². The maximum Gasteiger partial charge on any atom is 0.460 e. The molecule has 0 N–H and O–H groups in total. The first-order valence-corrected chi connectivity index (χ1v) is 14.4. The summed E-state index contributed by atoms with van der Waals surface area (Å²) in [7, 11) is 5.28. The Balaban J connectivity index is 5.49. The van der Waals surface area contributed by atoms with Gasteiger partial charge >= 0.3 is 47.7 Å². The predicted molar refractivity (Wildman–Crippen MR) is 134 cm³/mol. The van der Waals surface area contributed by atoms with Crippen molar-refractivity contribution < 1.29 is 80.6 Å². The van der Waals surface area contributed by atoms with Crippen molar-refractivity contribution in [3.05, 3.63) is 0 Å². The summed E-state index contributed by atoms with van der Waals surface area (Å²) in [5.41, 5.74) is 0. The van der Waals surface area contributed by atoms with Crippen LogP contribution in [-0.2, 0) is 19.1 Å². The van der Waals surface area contributed by atoms with Gasteiger partial charge in [0.15, 0.2) is 0 Å². The first-order valence-electron chi connectivity index (χ1n) is 13.4. The molecule has 0 fully saturated rings. The van der Waals surface area contributed by atoms with Crippen LogP contribution in [0.3, 0.4) is 0 Å². The molecule has 5 nitrogen and oxygen atoms in total. The molecule has 0 amide bonds. The zero-order valence-corrected chi connectivity index (χ0v) is 25.3. The highest BCUT2D eigenvalue weighted by Crippen LogP contribution is 2.60. The Labute approximate surface area is 250 Å². The molecule has 0 saturated carbocycles. The Hall–Kier alpha value is -1.66. The molecule has 0 aromatic rings. The molecule has 0 saturated heterocycles. The summed E-state index contributed by atoms with van der Waals surface area (Å²) in [5, 5.41) is -1.47. The van der Waals surface area contributed by atoms with E-state index in [1.165, 1.54) is 0 Å². The van der Waals surface area contributed by atoms with Crippen LogP contribution >= 0.6 is 11.8 Å². The highest BCUT2D eigenvalue weighted by Gasteiger charge is 2.90. The number of rotatable bonds is 21. The number of alkyl halides is 13. The first-order chi connectivity index (χ1) is 19.7. The van der Waals surface area contributed by atoms with Crippen LogP contribution < -0.4 is 0 Å². The zero-order chi connectivity index (χ0) is 34.8. The minimum absolute atomic E-state index is 0.0101. The molecule has 0 aromatic carbocycles. The molecule has 19 heteroatoms. The molecule has 44 heavy (non-hydrogen) atoms. The maximum atomic E-state index is 14.0. The number of ether oxygens (including phenoxy) is 2. The lowest BCUT2D eigenvalue weighted by Crippen LogP contribution is -2.70. The second-order valence-electron chi connectivity index (χ2n) is 11.0. The second kappa shape index (κ2) is 16.3. The number of hydrogen-bond acceptors (Lipinski definition) is 5. The third kappa shape index (κ3) is 11.3. The molecule has 0 heterocycles. The van der Waals surface area contributed by atoms with Crippen LogP contribution in [0.4, 0.5) is 57.1 Å². The molecule has 0 bridgehead atoms. The standard InChI is InChI=1S/C25H37F13NO4S/c1-5-6-7-8-9-10-13-42-18(40)16-17(44-15-12-39(2,3)4)19(41)43-14-11-20(26,27)21(28,29)22(30,31)23(32,33)24(34,35)25(36,37)38/h17H,5-16H2,1-4H3/q+1. The van der Waals surface area contributed by atoms with Crippen molar-refractivity contribution >= 4 is 23.7 Å². The van der Waals surface area contributed by atoms with Gasteiger partial charge in [0.2, 0.25) is 0 Å². The first kappa shape index (κ1) is 42.3. The minimum atomic E-state index is -8.01. The summed E-state index contributed by atoms with van der Waals surface area (Å²) in [4.78, 5) is 24.7. The van der Waals surface area contributed by atoms with Gasteiger partial charge in [-0.15, -0.1) is 11.8 Å². The quantitative estimate of drug-likeness (QED) is 0.0533. The summed E-state index contributed by atoms with van der Waals surface area (Å²) >= 11 is 0.778. The van der Waals surface area contributed by atoms with E-state index in [2.05, 4.69) is 4.74 Å². The monoisotopic (exact) mass is 694 g/mol. The van der Waals surface area contributed by atoms with E-state index in [-0.39, 0.29) is 12.4 Å². The molecular weight excluding hydrogens is 657 g/mol. The van der Waals surface area contributed by atoms with Gasteiger partial charge in [0, 0.05) is 5.75 Å². The number of halogens is 13. The number of carbonyl (C=O) groups excluding carboxylic acids is 2. The third-order valence-corrected chi connectivity index (χ3v) is 7.30. The van der Waals surface area contributed by atoms with Gasteiger partial charge in [-0.25, -0.2) is 0 Å². The molecule has 0 aliphatic rings. The van der Waals surface area contributed by atoms with Crippen molar-refractivity contribution in [1.29, 1.82) is 0 Å². The van der Waals surface area contributed by atoms with E-state index in [9.17, 15) is 66.7 Å². The SMILES string of the molecule is CCCCCCCCOC(=O)CC(SCC[N+](C)(C)C)C(=O)OCCC(F)(F)C(F)(F)C(F)(F)C(F)(F)C(F)(F)C(F)(F)F. The van der Waals surface area contributed by atoms with E-state index < -0.39 is 72.4 Å².